The Morgan fingerprint density at radius 2 is 2.21 bits per heavy atom. The number of guanidine groups is 1. The van der Waals surface area contributed by atoms with E-state index < -0.39 is 0 Å². The van der Waals surface area contributed by atoms with Gasteiger partial charge in [-0.15, -0.1) is 34.2 Å². The van der Waals surface area contributed by atoms with Crippen LogP contribution in [0.15, 0.2) is 35.6 Å². The van der Waals surface area contributed by atoms with Crippen LogP contribution in [0.4, 0.5) is 0 Å². The van der Waals surface area contributed by atoms with Crippen LogP contribution in [0.3, 0.4) is 0 Å². The number of aromatic nitrogens is 3. The van der Waals surface area contributed by atoms with E-state index in [1.165, 1.54) is 0 Å². The fraction of sp³-hybridized carbons (Fsp3) is 0.526. The first-order valence-corrected chi connectivity index (χ1v) is 9.61. The minimum atomic E-state index is 0. The van der Waals surface area contributed by atoms with Gasteiger partial charge in [0.1, 0.15) is 12.2 Å². The summed E-state index contributed by atoms with van der Waals surface area (Å²) in [5.41, 5.74) is 1.14. The highest BCUT2D eigenvalue weighted by molar-refractivity contribution is 14.0. The van der Waals surface area contributed by atoms with Gasteiger partial charge in [-0.05, 0) is 24.1 Å². The van der Waals surface area contributed by atoms with E-state index in [9.17, 15) is 0 Å². The molecule has 1 heterocycles. The summed E-state index contributed by atoms with van der Waals surface area (Å²) in [6.45, 7) is 5.75. The third-order valence-electron chi connectivity index (χ3n) is 4.09. The van der Waals surface area contributed by atoms with Gasteiger partial charge in [-0.2, -0.15) is 0 Å². The maximum absolute atomic E-state index is 6.10. The highest BCUT2D eigenvalue weighted by atomic mass is 127. The van der Waals surface area contributed by atoms with Crippen LogP contribution >= 0.6 is 35.6 Å². The molecular formula is C19H30ClIN6O. The van der Waals surface area contributed by atoms with Crippen molar-refractivity contribution in [2.75, 3.05) is 33.9 Å². The molecule has 2 aromatic rings. The van der Waals surface area contributed by atoms with E-state index in [2.05, 4.69) is 38.0 Å². The van der Waals surface area contributed by atoms with Gasteiger partial charge in [0.2, 0.25) is 0 Å². The Morgan fingerprint density at radius 3 is 2.93 bits per heavy atom. The van der Waals surface area contributed by atoms with E-state index in [1.54, 1.807) is 13.4 Å². The van der Waals surface area contributed by atoms with Crippen LogP contribution in [0, 0.1) is 0 Å². The van der Waals surface area contributed by atoms with Gasteiger partial charge in [0, 0.05) is 58.4 Å². The lowest BCUT2D eigenvalue weighted by Crippen LogP contribution is -2.40. The van der Waals surface area contributed by atoms with Crippen LogP contribution < -0.4 is 5.32 Å². The highest BCUT2D eigenvalue weighted by Gasteiger charge is 2.08. The van der Waals surface area contributed by atoms with Crippen molar-refractivity contribution in [1.29, 1.82) is 0 Å². The molecule has 0 atom stereocenters. The SMILES string of the molecule is CCc1nncn1CCNC(=NCCCOC)N(C)Cc1cccc(Cl)c1.I. The first kappa shape index (κ1) is 24.6. The molecule has 2 rings (SSSR count). The van der Waals surface area contributed by atoms with Gasteiger partial charge in [-0.3, -0.25) is 4.99 Å². The minimum Gasteiger partial charge on any atom is -0.385 e. The molecule has 0 saturated carbocycles. The first-order chi connectivity index (χ1) is 13.1. The zero-order valence-electron chi connectivity index (χ0n) is 16.8. The summed E-state index contributed by atoms with van der Waals surface area (Å²) in [5, 5.41) is 12.3. The topological polar surface area (TPSA) is 67.6 Å². The van der Waals surface area contributed by atoms with Gasteiger partial charge in [-0.25, -0.2) is 0 Å². The quantitative estimate of drug-likeness (QED) is 0.226. The Hall–Kier alpha value is -1.39. The molecule has 0 radical (unpaired) electrons. The molecule has 1 N–H and O–H groups in total. The lowest BCUT2D eigenvalue weighted by molar-refractivity contribution is 0.197. The Kier molecular flexibility index (Phi) is 12.1. The van der Waals surface area contributed by atoms with Crippen LogP contribution in [-0.2, 0) is 24.2 Å². The summed E-state index contributed by atoms with van der Waals surface area (Å²) < 4.78 is 7.18. The van der Waals surface area contributed by atoms with Gasteiger partial charge < -0.3 is 19.5 Å². The number of nitrogens with zero attached hydrogens (tertiary/aromatic N) is 5. The second kappa shape index (κ2) is 13.7. The zero-order valence-corrected chi connectivity index (χ0v) is 19.9. The lowest BCUT2D eigenvalue weighted by Gasteiger charge is -2.23. The van der Waals surface area contributed by atoms with E-state index in [0.29, 0.717) is 13.2 Å². The molecule has 0 unspecified atom stereocenters. The third-order valence-corrected chi connectivity index (χ3v) is 4.32. The van der Waals surface area contributed by atoms with Crippen LogP contribution in [0.2, 0.25) is 5.02 Å². The van der Waals surface area contributed by atoms with Crippen molar-refractivity contribution in [2.24, 2.45) is 4.99 Å². The smallest absolute Gasteiger partial charge is 0.194 e. The number of rotatable bonds is 10. The molecule has 0 aliphatic heterocycles. The predicted molar refractivity (Wildman–Crippen MR) is 125 cm³/mol. The Morgan fingerprint density at radius 1 is 1.39 bits per heavy atom. The summed E-state index contributed by atoms with van der Waals surface area (Å²) in [7, 11) is 3.73. The monoisotopic (exact) mass is 520 g/mol. The fourth-order valence-corrected chi connectivity index (χ4v) is 2.93. The number of aryl methyl sites for hydroxylation is 1. The summed E-state index contributed by atoms with van der Waals surface area (Å²) >= 11 is 6.10. The van der Waals surface area contributed by atoms with E-state index in [4.69, 9.17) is 21.3 Å². The second-order valence-electron chi connectivity index (χ2n) is 6.26. The molecule has 7 nitrogen and oxygen atoms in total. The standard InChI is InChI=1S/C19H29ClN6O.HI/c1-4-18-24-23-15-26(18)11-10-22-19(21-9-6-12-27-3)25(2)14-16-7-5-8-17(20)13-16;/h5,7-8,13,15H,4,6,9-12,14H2,1-3H3,(H,21,22);1H. The number of nitrogens with one attached hydrogen (secondary N) is 1. The summed E-state index contributed by atoms with van der Waals surface area (Å²) in [6, 6.07) is 7.89. The molecular weight excluding hydrogens is 491 g/mol. The van der Waals surface area contributed by atoms with Crippen LogP contribution in [-0.4, -0.2) is 59.5 Å². The van der Waals surface area contributed by atoms with Gasteiger partial charge in [0.15, 0.2) is 5.96 Å². The number of ether oxygens (including phenoxy) is 1. The molecule has 0 aliphatic rings. The molecule has 1 aromatic carbocycles. The van der Waals surface area contributed by atoms with Gasteiger partial charge in [0.25, 0.3) is 0 Å². The van der Waals surface area contributed by atoms with Gasteiger partial charge in [0.05, 0.1) is 0 Å². The average molecular weight is 521 g/mol. The predicted octanol–water partition coefficient (Wildman–Crippen LogP) is 3.23. The molecule has 0 spiro atoms. The normalized spacial score (nSPS) is 11.2. The molecule has 0 aliphatic carbocycles. The zero-order chi connectivity index (χ0) is 19.5. The van der Waals surface area contributed by atoms with Crippen LogP contribution in [0.5, 0.6) is 0 Å². The molecule has 9 heteroatoms. The van der Waals surface area contributed by atoms with E-state index >= 15 is 0 Å². The first-order valence-electron chi connectivity index (χ1n) is 9.23. The summed E-state index contributed by atoms with van der Waals surface area (Å²) in [4.78, 5) is 6.82. The Balaban J connectivity index is 0.00000392. The molecule has 0 saturated heterocycles. The van der Waals surface area contributed by atoms with E-state index in [1.807, 2.05) is 25.2 Å². The molecule has 0 amide bonds. The van der Waals surface area contributed by atoms with Crippen molar-refractivity contribution >= 4 is 41.5 Å². The molecule has 156 valence electrons. The maximum Gasteiger partial charge on any atom is 0.194 e. The molecule has 0 fully saturated rings. The third kappa shape index (κ3) is 8.32. The van der Waals surface area contributed by atoms with Gasteiger partial charge >= 0.3 is 0 Å². The highest BCUT2D eigenvalue weighted by Crippen LogP contribution is 2.12. The summed E-state index contributed by atoms with van der Waals surface area (Å²) in [5.74, 6) is 1.85. The van der Waals surface area contributed by atoms with Crippen molar-refractivity contribution < 1.29 is 4.74 Å². The Labute approximate surface area is 189 Å². The number of aliphatic imine (C=N–C) groups is 1. The van der Waals surface area contributed by atoms with Crippen LogP contribution in [0.25, 0.3) is 0 Å². The number of hydrogen-bond acceptors (Lipinski definition) is 4. The van der Waals surface area contributed by atoms with Crippen molar-refractivity contribution in [1.82, 2.24) is 25.0 Å². The largest absolute Gasteiger partial charge is 0.385 e. The average Bonchev–Trinajstić information content (AvgIpc) is 3.11. The van der Waals surface area contributed by atoms with Crippen molar-refractivity contribution in [2.45, 2.75) is 32.9 Å². The number of hydrogen-bond donors (Lipinski definition) is 1. The van der Waals surface area contributed by atoms with Crippen molar-refractivity contribution in [3.05, 3.63) is 47.0 Å². The van der Waals surface area contributed by atoms with Crippen LogP contribution in [0.1, 0.15) is 24.7 Å². The second-order valence-corrected chi connectivity index (χ2v) is 6.69. The fourth-order valence-electron chi connectivity index (χ4n) is 2.72. The summed E-state index contributed by atoms with van der Waals surface area (Å²) in [6.07, 6.45) is 3.52. The van der Waals surface area contributed by atoms with Crippen molar-refractivity contribution in [3.8, 4) is 0 Å². The van der Waals surface area contributed by atoms with Crippen molar-refractivity contribution in [3.63, 3.8) is 0 Å². The van der Waals surface area contributed by atoms with Gasteiger partial charge in [-0.1, -0.05) is 30.7 Å². The number of methoxy groups -OCH3 is 1. The maximum atomic E-state index is 6.10. The van der Waals surface area contributed by atoms with E-state index in [0.717, 1.165) is 54.8 Å². The lowest BCUT2D eigenvalue weighted by atomic mass is 10.2. The molecule has 28 heavy (non-hydrogen) atoms. The molecule has 0 bridgehead atoms. The molecule has 1 aromatic heterocycles. The Bertz CT molecular complexity index is 724. The number of halogens is 2. The minimum absolute atomic E-state index is 0. The van der Waals surface area contributed by atoms with E-state index in [-0.39, 0.29) is 24.0 Å². The number of benzene rings is 1.